The number of carbonyl (C=O) groups excluding carboxylic acids is 1. The molecule has 4 heteroatoms. The number of nitrogens with one attached hydrogen (secondary N) is 2. The molecule has 0 atom stereocenters. The minimum Gasteiger partial charge on any atom is -0.383 e. The van der Waals surface area contributed by atoms with E-state index in [0.717, 1.165) is 18.7 Å². The number of hydrogen-bond donors (Lipinski definition) is 2. The molecular formula is C14H22N2O2. The first kappa shape index (κ1) is 14.7. The fraction of sp³-hybridized carbons (Fsp3) is 0.500. The molecule has 0 fully saturated rings. The zero-order valence-corrected chi connectivity index (χ0v) is 11.2. The number of rotatable bonds is 8. The Balaban J connectivity index is 2.12. The van der Waals surface area contributed by atoms with Gasteiger partial charge >= 0.3 is 0 Å². The van der Waals surface area contributed by atoms with Crippen LogP contribution in [0, 0.1) is 6.92 Å². The van der Waals surface area contributed by atoms with Gasteiger partial charge in [0.25, 0.3) is 0 Å². The molecular weight excluding hydrogens is 228 g/mol. The highest BCUT2D eigenvalue weighted by Gasteiger charge is 2.01. The van der Waals surface area contributed by atoms with Crippen molar-refractivity contribution in [1.82, 2.24) is 10.6 Å². The van der Waals surface area contributed by atoms with Crippen molar-refractivity contribution in [2.45, 2.75) is 13.3 Å². The second-order valence-corrected chi connectivity index (χ2v) is 4.26. The maximum Gasteiger partial charge on any atom is 0.224 e. The third-order valence-electron chi connectivity index (χ3n) is 2.59. The average Bonchev–Trinajstić information content (AvgIpc) is 2.36. The van der Waals surface area contributed by atoms with E-state index in [1.54, 1.807) is 7.11 Å². The molecule has 1 amide bonds. The van der Waals surface area contributed by atoms with Crippen LogP contribution in [0.4, 0.5) is 0 Å². The van der Waals surface area contributed by atoms with Crippen LogP contribution >= 0.6 is 0 Å². The summed E-state index contributed by atoms with van der Waals surface area (Å²) in [6.45, 7) is 4.95. The quantitative estimate of drug-likeness (QED) is 0.674. The number of benzene rings is 1. The molecule has 0 heterocycles. The monoisotopic (exact) mass is 250 g/mol. The van der Waals surface area contributed by atoms with Crippen molar-refractivity contribution in [2.24, 2.45) is 0 Å². The number of methoxy groups -OCH3 is 1. The highest BCUT2D eigenvalue weighted by molar-refractivity contribution is 5.78. The first-order valence-electron chi connectivity index (χ1n) is 6.24. The summed E-state index contributed by atoms with van der Waals surface area (Å²) in [4.78, 5) is 11.6. The summed E-state index contributed by atoms with van der Waals surface area (Å²) in [7, 11) is 1.67. The lowest BCUT2D eigenvalue weighted by Gasteiger charge is -2.06. The van der Waals surface area contributed by atoms with Gasteiger partial charge in [0.1, 0.15) is 0 Å². The van der Waals surface area contributed by atoms with Crippen molar-refractivity contribution < 1.29 is 9.53 Å². The van der Waals surface area contributed by atoms with Crippen molar-refractivity contribution in [3.8, 4) is 0 Å². The molecule has 0 saturated heterocycles. The molecule has 0 unspecified atom stereocenters. The second-order valence-electron chi connectivity index (χ2n) is 4.26. The van der Waals surface area contributed by atoms with E-state index in [9.17, 15) is 4.79 Å². The van der Waals surface area contributed by atoms with Crippen LogP contribution in [0.15, 0.2) is 24.3 Å². The maximum atomic E-state index is 11.6. The van der Waals surface area contributed by atoms with Gasteiger partial charge in [0, 0.05) is 26.7 Å². The summed E-state index contributed by atoms with van der Waals surface area (Å²) in [5.74, 6) is 0.0624. The predicted molar refractivity (Wildman–Crippen MR) is 72.6 cm³/mol. The summed E-state index contributed by atoms with van der Waals surface area (Å²) < 4.78 is 4.91. The molecule has 0 radical (unpaired) electrons. The molecule has 18 heavy (non-hydrogen) atoms. The Labute approximate surface area is 109 Å². The molecule has 1 rings (SSSR count). The lowest BCUT2D eigenvalue weighted by molar-refractivity contribution is -0.120. The Morgan fingerprint density at radius 1 is 1.17 bits per heavy atom. The van der Waals surface area contributed by atoms with Gasteiger partial charge < -0.3 is 15.4 Å². The van der Waals surface area contributed by atoms with E-state index in [2.05, 4.69) is 10.6 Å². The lowest BCUT2D eigenvalue weighted by Crippen LogP contribution is -2.33. The van der Waals surface area contributed by atoms with E-state index < -0.39 is 0 Å². The summed E-state index contributed by atoms with van der Waals surface area (Å²) in [5, 5.41) is 6.05. The van der Waals surface area contributed by atoms with Crippen molar-refractivity contribution in [2.75, 3.05) is 33.4 Å². The number of hydrogen-bond acceptors (Lipinski definition) is 3. The van der Waals surface area contributed by atoms with Crippen molar-refractivity contribution in [1.29, 1.82) is 0 Å². The van der Waals surface area contributed by atoms with E-state index in [4.69, 9.17) is 4.74 Å². The minimum atomic E-state index is 0.0624. The zero-order valence-electron chi connectivity index (χ0n) is 11.2. The first-order valence-corrected chi connectivity index (χ1v) is 6.24. The van der Waals surface area contributed by atoms with Gasteiger partial charge in [-0.3, -0.25) is 4.79 Å². The zero-order chi connectivity index (χ0) is 13.2. The van der Waals surface area contributed by atoms with Crippen molar-refractivity contribution >= 4 is 5.91 Å². The van der Waals surface area contributed by atoms with Gasteiger partial charge in [-0.1, -0.05) is 29.8 Å². The molecule has 4 nitrogen and oxygen atoms in total. The molecule has 0 aliphatic heterocycles. The van der Waals surface area contributed by atoms with Gasteiger partial charge in [-0.15, -0.1) is 0 Å². The molecule has 0 aliphatic carbocycles. The molecule has 100 valence electrons. The largest absolute Gasteiger partial charge is 0.383 e. The molecule has 2 N–H and O–H groups in total. The predicted octanol–water partition coefficient (Wildman–Crippen LogP) is 0.890. The number of carbonyl (C=O) groups is 1. The molecule has 1 aromatic rings. The van der Waals surface area contributed by atoms with Gasteiger partial charge in [0.05, 0.1) is 13.0 Å². The van der Waals surface area contributed by atoms with Crippen LogP contribution in [0.25, 0.3) is 0 Å². The fourth-order valence-electron chi connectivity index (χ4n) is 1.54. The second kappa shape index (κ2) is 8.66. The average molecular weight is 250 g/mol. The van der Waals surface area contributed by atoms with Gasteiger partial charge in [-0.25, -0.2) is 0 Å². The lowest BCUT2D eigenvalue weighted by atomic mass is 10.1. The smallest absolute Gasteiger partial charge is 0.224 e. The Morgan fingerprint density at radius 2 is 1.89 bits per heavy atom. The third kappa shape index (κ3) is 6.37. The SMILES string of the molecule is COCCNCCNC(=O)Cc1ccc(C)cc1. The Morgan fingerprint density at radius 3 is 2.56 bits per heavy atom. The van der Waals surface area contributed by atoms with Crippen LogP contribution in [0.3, 0.4) is 0 Å². The number of amides is 1. The maximum absolute atomic E-state index is 11.6. The third-order valence-corrected chi connectivity index (χ3v) is 2.59. The molecule has 0 saturated carbocycles. The Hall–Kier alpha value is -1.39. The molecule has 0 aromatic heterocycles. The van der Waals surface area contributed by atoms with Crippen LogP contribution < -0.4 is 10.6 Å². The minimum absolute atomic E-state index is 0.0624. The van der Waals surface area contributed by atoms with Crippen LogP contribution in [0.2, 0.25) is 0 Å². The molecule has 0 spiro atoms. The topological polar surface area (TPSA) is 50.4 Å². The number of ether oxygens (including phenoxy) is 1. The Bertz CT molecular complexity index is 349. The van der Waals surface area contributed by atoms with E-state index in [1.165, 1.54) is 5.56 Å². The van der Waals surface area contributed by atoms with Crippen LogP contribution in [0.5, 0.6) is 0 Å². The summed E-state index contributed by atoms with van der Waals surface area (Å²) in [5.41, 5.74) is 2.26. The van der Waals surface area contributed by atoms with E-state index in [0.29, 0.717) is 19.6 Å². The van der Waals surface area contributed by atoms with Crippen molar-refractivity contribution in [3.05, 3.63) is 35.4 Å². The first-order chi connectivity index (χ1) is 8.72. The molecule has 0 bridgehead atoms. The highest BCUT2D eigenvalue weighted by Crippen LogP contribution is 2.03. The fourth-order valence-corrected chi connectivity index (χ4v) is 1.54. The van der Waals surface area contributed by atoms with E-state index >= 15 is 0 Å². The van der Waals surface area contributed by atoms with Crippen LogP contribution in [0.1, 0.15) is 11.1 Å². The van der Waals surface area contributed by atoms with Crippen LogP contribution in [-0.2, 0) is 16.0 Å². The van der Waals surface area contributed by atoms with Gasteiger partial charge in [-0.2, -0.15) is 0 Å². The standard InChI is InChI=1S/C14H22N2O2/c1-12-3-5-13(6-4-12)11-14(17)16-8-7-15-9-10-18-2/h3-6,15H,7-11H2,1-2H3,(H,16,17). The summed E-state index contributed by atoms with van der Waals surface area (Å²) in [6.07, 6.45) is 0.443. The van der Waals surface area contributed by atoms with E-state index in [1.807, 2.05) is 31.2 Å². The van der Waals surface area contributed by atoms with Gasteiger partial charge in [0.15, 0.2) is 0 Å². The van der Waals surface area contributed by atoms with Gasteiger partial charge in [-0.05, 0) is 12.5 Å². The van der Waals surface area contributed by atoms with Gasteiger partial charge in [0.2, 0.25) is 5.91 Å². The van der Waals surface area contributed by atoms with Crippen molar-refractivity contribution in [3.63, 3.8) is 0 Å². The Kier molecular flexibility index (Phi) is 7.06. The van der Waals surface area contributed by atoms with Crippen LogP contribution in [-0.4, -0.2) is 39.3 Å². The number of aryl methyl sites for hydroxylation is 1. The molecule has 1 aromatic carbocycles. The normalized spacial score (nSPS) is 10.3. The summed E-state index contributed by atoms with van der Waals surface area (Å²) >= 11 is 0. The van der Waals surface area contributed by atoms with E-state index in [-0.39, 0.29) is 5.91 Å². The summed E-state index contributed by atoms with van der Waals surface area (Å²) in [6, 6.07) is 8.03. The highest BCUT2D eigenvalue weighted by atomic mass is 16.5. The molecule has 0 aliphatic rings.